The van der Waals surface area contributed by atoms with Gasteiger partial charge in [0.1, 0.15) is 0 Å². The van der Waals surface area contributed by atoms with Gasteiger partial charge in [-0.1, -0.05) is 0 Å². The van der Waals surface area contributed by atoms with Gasteiger partial charge in [-0.2, -0.15) is 0 Å². The highest BCUT2D eigenvalue weighted by Crippen LogP contribution is 2.42. The van der Waals surface area contributed by atoms with Crippen LogP contribution in [0, 0.1) is 5.92 Å². The van der Waals surface area contributed by atoms with Crippen molar-refractivity contribution < 1.29 is 5.11 Å². The number of nitrogens with zero attached hydrogens (tertiary/aromatic N) is 1. The molecule has 1 N–H and O–H groups in total. The molecule has 0 amide bonds. The van der Waals surface area contributed by atoms with E-state index in [2.05, 4.69) is 11.9 Å². The first-order valence-electron chi connectivity index (χ1n) is 5.09. The van der Waals surface area contributed by atoms with Crippen LogP contribution in [0.5, 0.6) is 0 Å². The predicted octanol–water partition coefficient (Wildman–Crippen LogP) is 1.24. The molecule has 12 heavy (non-hydrogen) atoms. The first-order valence-corrected chi connectivity index (χ1v) is 5.09. The topological polar surface area (TPSA) is 23.5 Å². The number of likely N-dealkylation sites (tertiary alicyclic amines) is 1. The van der Waals surface area contributed by atoms with Crippen molar-refractivity contribution in [3.8, 4) is 0 Å². The van der Waals surface area contributed by atoms with Crippen LogP contribution in [0.15, 0.2) is 0 Å². The fraction of sp³-hybridized carbons (Fsp3) is 1.00. The molecule has 2 rings (SSSR count). The molecule has 1 heterocycles. The van der Waals surface area contributed by atoms with Crippen LogP contribution in [-0.4, -0.2) is 35.7 Å². The third kappa shape index (κ3) is 1.99. The van der Waals surface area contributed by atoms with E-state index in [1.165, 1.54) is 25.9 Å². The zero-order valence-electron chi connectivity index (χ0n) is 7.92. The average Bonchev–Trinajstić information content (AvgIpc) is 2.67. The van der Waals surface area contributed by atoms with Gasteiger partial charge in [-0.25, -0.2) is 0 Å². The molecule has 0 aromatic heterocycles. The van der Waals surface area contributed by atoms with Crippen LogP contribution in [0.4, 0.5) is 0 Å². The largest absolute Gasteiger partial charge is 0.390 e. The van der Waals surface area contributed by atoms with Crippen LogP contribution in [0.2, 0.25) is 0 Å². The SMILES string of the molecule is CN1CCCC(CC2(O)CC2)C1. The Morgan fingerprint density at radius 3 is 2.83 bits per heavy atom. The van der Waals surface area contributed by atoms with Crippen molar-refractivity contribution in [3.05, 3.63) is 0 Å². The van der Waals surface area contributed by atoms with Gasteiger partial charge >= 0.3 is 0 Å². The second-order valence-electron chi connectivity index (χ2n) is 4.70. The number of hydrogen-bond acceptors (Lipinski definition) is 2. The lowest BCUT2D eigenvalue weighted by atomic mass is 9.92. The monoisotopic (exact) mass is 169 g/mol. The van der Waals surface area contributed by atoms with Crippen molar-refractivity contribution in [2.24, 2.45) is 5.92 Å². The van der Waals surface area contributed by atoms with Gasteiger partial charge < -0.3 is 10.0 Å². The van der Waals surface area contributed by atoms with E-state index in [0.717, 1.165) is 25.2 Å². The van der Waals surface area contributed by atoms with Crippen LogP contribution >= 0.6 is 0 Å². The highest BCUT2D eigenvalue weighted by molar-refractivity contribution is 4.95. The van der Waals surface area contributed by atoms with E-state index >= 15 is 0 Å². The van der Waals surface area contributed by atoms with Crippen LogP contribution < -0.4 is 0 Å². The molecule has 70 valence electrons. The quantitative estimate of drug-likeness (QED) is 0.672. The molecule has 1 saturated carbocycles. The lowest BCUT2D eigenvalue weighted by Crippen LogP contribution is -2.34. The molecule has 1 unspecified atom stereocenters. The van der Waals surface area contributed by atoms with Gasteiger partial charge in [0.05, 0.1) is 5.60 Å². The first kappa shape index (κ1) is 8.52. The Bertz CT molecular complexity index is 165. The van der Waals surface area contributed by atoms with Crippen molar-refractivity contribution >= 4 is 0 Å². The maximum absolute atomic E-state index is 9.75. The van der Waals surface area contributed by atoms with E-state index < -0.39 is 0 Å². The van der Waals surface area contributed by atoms with Crippen LogP contribution in [0.25, 0.3) is 0 Å². The molecule has 1 aliphatic heterocycles. The summed E-state index contributed by atoms with van der Waals surface area (Å²) in [6.07, 6.45) is 5.79. The Balaban J connectivity index is 1.79. The molecule has 0 spiro atoms. The summed E-state index contributed by atoms with van der Waals surface area (Å²) >= 11 is 0. The van der Waals surface area contributed by atoms with Gasteiger partial charge in [-0.15, -0.1) is 0 Å². The maximum Gasteiger partial charge on any atom is 0.0653 e. The van der Waals surface area contributed by atoms with E-state index in [-0.39, 0.29) is 5.60 Å². The third-order valence-corrected chi connectivity index (χ3v) is 3.22. The minimum Gasteiger partial charge on any atom is -0.390 e. The summed E-state index contributed by atoms with van der Waals surface area (Å²) in [6, 6.07) is 0. The van der Waals surface area contributed by atoms with Crippen molar-refractivity contribution in [2.45, 2.75) is 37.7 Å². The van der Waals surface area contributed by atoms with Crippen LogP contribution in [0.1, 0.15) is 32.1 Å². The molecule has 0 aromatic rings. The Morgan fingerprint density at radius 1 is 1.50 bits per heavy atom. The summed E-state index contributed by atoms with van der Waals surface area (Å²) < 4.78 is 0. The molecule has 2 heteroatoms. The normalized spacial score (nSPS) is 35.0. The Morgan fingerprint density at radius 2 is 2.25 bits per heavy atom. The minimum atomic E-state index is -0.233. The van der Waals surface area contributed by atoms with E-state index in [9.17, 15) is 5.11 Å². The second kappa shape index (κ2) is 3.00. The summed E-state index contributed by atoms with van der Waals surface area (Å²) in [5.74, 6) is 0.760. The van der Waals surface area contributed by atoms with Gasteiger partial charge in [0, 0.05) is 6.54 Å². The maximum atomic E-state index is 9.75. The molecule has 1 aliphatic carbocycles. The molecular weight excluding hydrogens is 150 g/mol. The van der Waals surface area contributed by atoms with Gasteiger partial charge in [0.25, 0.3) is 0 Å². The van der Waals surface area contributed by atoms with Crippen molar-refractivity contribution in [2.75, 3.05) is 20.1 Å². The molecule has 0 radical (unpaired) electrons. The van der Waals surface area contributed by atoms with E-state index in [4.69, 9.17) is 0 Å². The fourth-order valence-electron chi connectivity index (χ4n) is 2.33. The summed E-state index contributed by atoms with van der Waals surface area (Å²) in [5, 5.41) is 9.75. The molecular formula is C10H19NO. The number of hydrogen-bond donors (Lipinski definition) is 1. The van der Waals surface area contributed by atoms with Gasteiger partial charge in [-0.3, -0.25) is 0 Å². The zero-order chi connectivity index (χ0) is 8.60. The van der Waals surface area contributed by atoms with Gasteiger partial charge in [-0.05, 0) is 51.6 Å². The Labute approximate surface area is 74.6 Å². The Kier molecular flexibility index (Phi) is 2.13. The van der Waals surface area contributed by atoms with Crippen molar-refractivity contribution in [3.63, 3.8) is 0 Å². The zero-order valence-corrected chi connectivity index (χ0v) is 7.92. The predicted molar refractivity (Wildman–Crippen MR) is 49.0 cm³/mol. The number of piperidine rings is 1. The smallest absolute Gasteiger partial charge is 0.0653 e. The van der Waals surface area contributed by atoms with Gasteiger partial charge in [0.15, 0.2) is 0 Å². The molecule has 2 fully saturated rings. The molecule has 0 aromatic carbocycles. The lowest BCUT2D eigenvalue weighted by Gasteiger charge is -2.30. The molecule has 1 atom stereocenters. The highest BCUT2D eigenvalue weighted by Gasteiger charge is 2.42. The summed E-state index contributed by atoms with van der Waals surface area (Å²) in [6.45, 7) is 2.44. The van der Waals surface area contributed by atoms with E-state index in [1.54, 1.807) is 0 Å². The van der Waals surface area contributed by atoms with Crippen LogP contribution in [0.3, 0.4) is 0 Å². The molecule has 2 aliphatic rings. The van der Waals surface area contributed by atoms with E-state index in [0.29, 0.717) is 0 Å². The summed E-state index contributed by atoms with van der Waals surface area (Å²) in [5.41, 5.74) is -0.233. The third-order valence-electron chi connectivity index (χ3n) is 3.22. The van der Waals surface area contributed by atoms with Crippen molar-refractivity contribution in [1.29, 1.82) is 0 Å². The lowest BCUT2D eigenvalue weighted by molar-refractivity contribution is 0.0912. The molecule has 0 bridgehead atoms. The average molecular weight is 169 g/mol. The molecule has 1 saturated heterocycles. The van der Waals surface area contributed by atoms with Crippen molar-refractivity contribution in [1.82, 2.24) is 4.90 Å². The van der Waals surface area contributed by atoms with Crippen LogP contribution in [-0.2, 0) is 0 Å². The number of rotatable bonds is 2. The standard InChI is InChI=1S/C10H19NO/c1-11-6-2-3-9(8-11)7-10(12)4-5-10/h9,12H,2-8H2,1H3. The number of aliphatic hydroxyl groups is 1. The molecule has 2 nitrogen and oxygen atoms in total. The minimum absolute atomic E-state index is 0.233. The second-order valence-corrected chi connectivity index (χ2v) is 4.70. The summed E-state index contributed by atoms with van der Waals surface area (Å²) in [4.78, 5) is 2.39. The highest BCUT2D eigenvalue weighted by atomic mass is 16.3. The first-order chi connectivity index (χ1) is 5.68. The van der Waals surface area contributed by atoms with E-state index in [1.807, 2.05) is 0 Å². The Hall–Kier alpha value is -0.0800. The summed E-state index contributed by atoms with van der Waals surface area (Å²) in [7, 11) is 2.18. The fourth-order valence-corrected chi connectivity index (χ4v) is 2.33. The van der Waals surface area contributed by atoms with Gasteiger partial charge in [0.2, 0.25) is 0 Å².